The number of benzene rings is 1. The number of aliphatic hydroxyl groups is 1. The SMILES string of the molecule is COc1cc2c(cc1C(O)C(C)N)CCC2. The summed E-state index contributed by atoms with van der Waals surface area (Å²) in [4.78, 5) is 0. The van der Waals surface area contributed by atoms with E-state index in [1.165, 1.54) is 17.5 Å². The third-order valence-electron chi connectivity index (χ3n) is 3.26. The van der Waals surface area contributed by atoms with Gasteiger partial charge in [-0.05, 0) is 49.4 Å². The van der Waals surface area contributed by atoms with Gasteiger partial charge in [-0.3, -0.25) is 0 Å². The molecule has 0 spiro atoms. The largest absolute Gasteiger partial charge is 0.496 e. The summed E-state index contributed by atoms with van der Waals surface area (Å²) in [6.07, 6.45) is 2.75. The number of hydrogen-bond acceptors (Lipinski definition) is 3. The van der Waals surface area contributed by atoms with Gasteiger partial charge < -0.3 is 15.6 Å². The molecule has 88 valence electrons. The van der Waals surface area contributed by atoms with E-state index < -0.39 is 6.10 Å². The van der Waals surface area contributed by atoms with E-state index in [0.29, 0.717) is 0 Å². The van der Waals surface area contributed by atoms with E-state index in [2.05, 4.69) is 6.07 Å². The van der Waals surface area contributed by atoms with Crippen molar-refractivity contribution in [3.05, 3.63) is 28.8 Å². The zero-order chi connectivity index (χ0) is 11.7. The highest BCUT2D eigenvalue weighted by Crippen LogP contribution is 2.33. The first-order valence-electron chi connectivity index (χ1n) is 5.77. The molecule has 3 heteroatoms. The van der Waals surface area contributed by atoms with Crippen LogP contribution in [-0.2, 0) is 12.8 Å². The predicted molar refractivity (Wildman–Crippen MR) is 63.6 cm³/mol. The first-order valence-corrected chi connectivity index (χ1v) is 5.77. The molecule has 0 amide bonds. The molecule has 0 bridgehead atoms. The fourth-order valence-corrected chi connectivity index (χ4v) is 2.31. The maximum absolute atomic E-state index is 10.0. The van der Waals surface area contributed by atoms with Crippen molar-refractivity contribution in [2.75, 3.05) is 7.11 Å². The molecule has 0 aliphatic heterocycles. The number of methoxy groups -OCH3 is 1. The van der Waals surface area contributed by atoms with Crippen molar-refractivity contribution in [3.8, 4) is 5.75 Å². The molecule has 0 radical (unpaired) electrons. The molecule has 0 saturated heterocycles. The summed E-state index contributed by atoms with van der Waals surface area (Å²) in [5, 5.41) is 10.0. The first-order chi connectivity index (χ1) is 7.63. The van der Waals surface area contributed by atoms with Crippen molar-refractivity contribution >= 4 is 0 Å². The molecule has 0 heterocycles. The van der Waals surface area contributed by atoms with Crippen LogP contribution in [0.2, 0.25) is 0 Å². The van der Waals surface area contributed by atoms with Crippen LogP contribution in [0.25, 0.3) is 0 Å². The average molecular weight is 221 g/mol. The molecule has 3 N–H and O–H groups in total. The third-order valence-corrected chi connectivity index (χ3v) is 3.26. The van der Waals surface area contributed by atoms with Crippen LogP contribution in [0.4, 0.5) is 0 Å². The summed E-state index contributed by atoms with van der Waals surface area (Å²) in [5.74, 6) is 0.755. The van der Waals surface area contributed by atoms with Gasteiger partial charge in [-0.15, -0.1) is 0 Å². The number of aryl methyl sites for hydroxylation is 2. The Balaban J connectivity index is 2.43. The van der Waals surface area contributed by atoms with Crippen molar-refractivity contribution in [3.63, 3.8) is 0 Å². The van der Waals surface area contributed by atoms with E-state index in [4.69, 9.17) is 10.5 Å². The van der Waals surface area contributed by atoms with Crippen LogP contribution < -0.4 is 10.5 Å². The van der Waals surface area contributed by atoms with Gasteiger partial charge in [0, 0.05) is 11.6 Å². The second kappa shape index (κ2) is 4.44. The van der Waals surface area contributed by atoms with E-state index in [1.54, 1.807) is 14.0 Å². The minimum absolute atomic E-state index is 0.284. The molecule has 1 aliphatic rings. The molecule has 0 saturated carbocycles. The summed E-state index contributed by atoms with van der Waals surface area (Å²) in [6.45, 7) is 1.80. The van der Waals surface area contributed by atoms with E-state index >= 15 is 0 Å². The van der Waals surface area contributed by atoms with Gasteiger partial charge in [0.2, 0.25) is 0 Å². The summed E-state index contributed by atoms with van der Waals surface area (Å²) < 4.78 is 5.33. The maximum atomic E-state index is 10.0. The van der Waals surface area contributed by atoms with Gasteiger partial charge in [0.05, 0.1) is 13.2 Å². The van der Waals surface area contributed by atoms with Crippen molar-refractivity contribution in [2.24, 2.45) is 5.73 Å². The second-order valence-corrected chi connectivity index (χ2v) is 4.52. The van der Waals surface area contributed by atoms with Crippen LogP contribution in [0.5, 0.6) is 5.75 Å². The van der Waals surface area contributed by atoms with Crippen LogP contribution in [0.3, 0.4) is 0 Å². The quantitative estimate of drug-likeness (QED) is 0.814. The summed E-state index contributed by atoms with van der Waals surface area (Å²) in [5.41, 5.74) is 9.22. The normalized spacial score (nSPS) is 18.0. The van der Waals surface area contributed by atoms with Crippen molar-refractivity contribution in [1.29, 1.82) is 0 Å². The molecular weight excluding hydrogens is 202 g/mol. The average Bonchev–Trinajstić information content (AvgIpc) is 2.72. The number of ether oxygens (including phenoxy) is 1. The molecule has 1 aliphatic carbocycles. The van der Waals surface area contributed by atoms with E-state index in [1.807, 2.05) is 6.07 Å². The highest BCUT2D eigenvalue weighted by atomic mass is 16.5. The van der Waals surface area contributed by atoms with Crippen molar-refractivity contribution in [2.45, 2.75) is 38.3 Å². The van der Waals surface area contributed by atoms with Crippen LogP contribution in [0, 0.1) is 0 Å². The fourth-order valence-electron chi connectivity index (χ4n) is 2.31. The zero-order valence-electron chi connectivity index (χ0n) is 9.86. The topological polar surface area (TPSA) is 55.5 Å². The summed E-state index contributed by atoms with van der Waals surface area (Å²) >= 11 is 0. The van der Waals surface area contributed by atoms with Gasteiger partial charge in [-0.2, -0.15) is 0 Å². The van der Waals surface area contributed by atoms with Gasteiger partial charge in [0.1, 0.15) is 5.75 Å². The highest BCUT2D eigenvalue weighted by Gasteiger charge is 2.21. The number of nitrogens with two attached hydrogens (primary N) is 1. The van der Waals surface area contributed by atoms with E-state index in [9.17, 15) is 5.11 Å². The number of rotatable bonds is 3. The molecule has 1 aromatic rings. The smallest absolute Gasteiger partial charge is 0.125 e. The predicted octanol–water partition coefficient (Wildman–Crippen LogP) is 1.56. The maximum Gasteiger partial charge on any atom is 0.125 e. The van der Waals surface area contributed by atoms with Crippen molar-refractivity contribution in [1.82, 2.24) is 0 Å². The number of aliphatic hydroxyl groups excluding tert-OH is 1. The molecular formula is C13H19NO2. The Morgan fingerprint density at radius 2 is 1.94 bits per heavy atom. The fraction of sp³-hybridized carbons (Fsp3) is 0.538. The van der Waals surface area contributed by atoms with Crippen LogP contribution >= 0.6 is 0 Å². The standard InChI is InChI=1S/C13H19NO2/c1-8(14)13(15)11-6-9-4-3-5-10(9)7-12(11)16-2/h6-8,13,15H,3-5,14H2,1-2H3. The number of fused-ring (bicyclic) bond motifs is 1. The molecule has 0 fully saturated rings. The molecule has 2 atom stereocenters. The van der Waals surface area contributed by atoms with Crippen LogP contribution in [0.1, 0.15) is 36.1 Å². The molecule has 0 aromatic heterocycles. The Labute approximate surface area is 96.2 Å². The lowest BCUT2D eigenvalue weighted by molar-refractivity contribution is 0.149. The molecule has 3 nitrogen and oxygen atoms in total. The summed E-state index contributed by atoms with van der Waals surface area (Å²) in [7, 11) is 1.63. The Morgan fingerprint density at radius 1 is 1.31 bits per heavy atom. The molecule has 2 rings (SSSR count). The minimum atomic E-state index is -0.652. The highest BCUT2D eigenvalue weighted by molar-refractivity contribution is 5.46. The van der Waals surface area contributed by atoms with Gasteiger partial charge in [-0.1, -0.05) is 0 Å². The minimum Gasteiger partial charge on any atom is -0.496 e. The van der Waals surface area contributed by atoms with Crippen LogP contribution in [0.15, 0.2) is 12.1 Å². The van der Waals surface area contributed by atoms with Crippen molar-refractivity contribution < 1.29 is 9.84 Å². The number of hydrogen-bond donors (Lipinski definition) is 2. The van der Waals surface area contributed by atoms with Crippen LogP contribution in [-0.4, -0.2) is 18.3 Å². The molecule has 2 unspecified atom stereocenters. The second-order valence-electron chi connectivity index (χ2n) is 4.52. The Kier molecular flexibility index (Phi) is 3.17. The Bertz CT molecular complexity index is 388. The van der Waals surface area contributed by atoms with Gasteiger partial charge >= 0.3 is 0 Å². The Hall–Kier alpha value is -1.06. The summed E-state index contributed by atoms with van der Waals surface area (Å²) in [6, 6.07) is 3.81. The third kappa shape index (κ3) is 1.93. The monoisotopic (exact) mass is 221 g/mol. The molecule has 1 aromatic carbocycles. The van der Waals surface area contributed by atoms with Gasteiger partial charge in [0.25, 0.3) is 0 Å². The lowest BCUT2D eigenvalue weighted by atomic mass is 9.98. The molecule has 16 heavy (non-hydrogen) atoms. The van der Waals surface area contributed by atoms with E-state index in [0.717, 1.165) is 24.2 Å². The van der Waals surface area contributed by atoms with Gasteiger partial charge in [-0.25, -0.2) is 0 Å². The van der Waals surface area contributed by atoms with Gasteiger partial charge in [0.15, 0.2) is 0 Å². The van der Waals surface area contributed by atoms with E-state index in [-0.39, 0.29) is 6.04 Å². The lowest BCUT2D eigenvalue weighted by Crippen LogP contribution is -2.25. The first kappa shape index (κ1) is 11.4. The lowest BCUT2D eigenvalue weighted by Gasteiger charge is -2.19. The zero-order valence-corrected chi connectivity index (χ0v) is 9.86. The Morgan fingerprint density at radius 3 is 2.50 bits per heavy atom.